The van der Waals surface area contributed by atoms with E-state index in [1.54, 1.807) is 17.0 Å². The number of pyridine rings is 1. The van der Waals surface area contributed by atoms with Gasteiger partial charge in [-0.3, -0.25) is 14.6 Å². The second-order valence-corrected chi connectivity index (χ2v) is 3.54. The lowest BCUT2D eigenvalue weighted by atomic mass is 10.2. The van der Waals surface area contributed by atoms with Crippen molar-refractivity contribution in [2.45, 2.75) is 13.0 Å². The fourth-order valence-corrected chi connectivity index (χ4v) is 1.63. The van der Waals surface area contributed by atoms with Gasteiger partial charge in [-0.2, -0.15) is 10.4 Å². The molecule has 0 spiro atoms. The Hall–Kier alpha value is -2.00. The Bertz CT molecular complexity index is 563. The first-order valence-corrected chi connectivity index (χ1v) is 5.16. The van der Waals surface area contributed by atoms with Gasteiger partial charge in [-0.1, -0.05) is 0 Å². The lowest BCUT2D eigenvalue weighted by molar-refractivity contribution is 0.710. The Morgan fingerprint density at radius 3 is 3.12 bits per heavy atom. The van der Waals surface area contributed by atoms with E-state index in [-0.39, 0.29) is 0 Å². The quantitative estimate of drug-likeness (QED) is 0.819. The minimum Gasteiger partial charge on any atom is -0.299 e. The number of aromatic amines is 1. The van der Waals surface area contributed by atoms with Crippen molar-refractivity contribution in [3.8, 4) is 17.5 Å². The summed E-state index contributed by atoms with van der Waals surface area (Å²) in [5, 5.41) is 15.4. The van der Waals surface area contributed by atoms with Crippen molar-refractivity contribution in [1.82, 2.24) is 19.7 Å². The molecule has 0 aliphatic heterocycles. The fourth-order valence-electron chi connectivity index (χ4n) is 1.40. The van der Waals surface area contributed by atoms with Crippen LogP contribution in [0.3, 0.4) is 0 Å². The summed E-state index contributed by atoms with van der Waals surface area (Å²) >= 11 is 5.10. The van der Waals surface area contributed by atoms with Crippen molar-refractivity contribution in [2.75, 3.05) is 0 Å². The Labute approximate surface area is 97.4 Å². The summed E-state index contributed by atoms with van der Waals surface area (Å²) in [6.07, 6.45) is 3.82. The largest absolute Gasteiger partial charge is 0.299 e. The summed E-state index contributed by atoms with van der Waals surface area (Å²) in [5.41, 5.74) is 0.882. The average Bonchev–Trinajstić information content (AvgIpc) is 2.69. The van der Waals surface area contributed by atoms with Crippen molar-refractivity contribution in [2.24, 2.45) is 0 Å². The maximum absolute atomic E-state index is 8.58. The second-order valence-electron chi connectivity index (χ2n) is 3.15. The lowest BCUT2D eigenvalue weighted by Gasteiger charge is -2.03. The monoisotopic (exact) mass is 231 g/mol. The van der Waals surface area contributed by atoms with E-state index in [2.05, 4.69) is 21.3 Å². The van der Waals surface area contributed by atoms with Crippen molar-refractivity contribution < 1.29 is 0 Å². The van der Waals surface area contributed by atoms with E-state index in [9.17, 15) is 0 Å². The van der Waals surface area contributed by atoms with Gasteiger partial charge in [-0.05, 0) is 24.4 Å². The molecule has 0 fully saturated rings. The van der Waals surface area contributed by atoms with Crippen LogP contribution in [0.1, 0.15) is 6.42 Å². The standard InChI is InChI=1S/C10H9N5S/c11-4-2-6-15-9(13-14-10(15)16)8-3-1-5-12-7-8/h1,3,5,7H,2,6H2,(H,14,16). The van der Waals surface area contributed by atoms with E-state index in [0.717, 1.165) is 5.56 Å². The highest BCUT2D eigenvalue weighted by molar-refractivity contribution is 7.71. The van der Waals surface area contributed by atoms with Gasteiger partial charge in [0, 0.05) is 24.5 Å². The summed E-state index contributed by atoms with van der Waals surface area (Å²) in [6, 6.07) is 5.83. The Morgan fingerprint density at radius 2 is 2.44 bits per heavy atom. The van der Waals surface area contributed by atoms with Crippen LogP contribution in [0.25, 0.3) is 11.4 Å². The maximum Gasteiger partial charge on any atom is 0.195 e. The van der Waals surface area contributed by atoms with E-state index in [1.807, 2.05) is 12.1 Å². The van der Waals surface area contributed by atoms with Crippen LogP contribution < -0.4 is 0 Å². The summed E-state index contributed by atoms with van der Waals surface area (Å²) in [5.74, 6) is 0.716. The predicted molar refractivity (Wildman–Crippen MR) is 60.9 cm³/mol. The van der Waals surface area contributed by atoms with Gasteiger partial charge in [0.15, 0.2) is 10.6 Å². The minimum atomic E-state index is 0.404. The van der Waals surface area contributed by atoms with Gasteiger partial charge in [-0.25, -0.2) is 0 Å². The number of nitrogens with one attached hydrogen (secondary N) is 1. The van der Waals surface area contributed by atoms with Gasteiger partial charge in [0.05, 0.1) is 12.5 Å². The van der Waals surface area contributed by atoms with Gasteiger partial charge < -0.3 is 0 Å². The smallest absolute Gasteiger partial charge is 0.195 e. The first-order chi connectivity index (χ1) is 7.83. The zero-order chi connectivity index (χ0) is 11.4. The normalized spacial score (nSPS) is 9.94. The van der Waals surface area contributed by atoms with Gasteiger partial charge in [0.2, 0.25) is 0 Å². The SMILES string of the molecule is N#CCCn1c(-c2cccnc2)n[nH]c1=S. The topological polar surface area (TPSA) is 70.3 Å². The molecule has 5 nitrogen and oxygen atoms in total. The first kappa shape index (κ1) is 10.5. The third-order valence-corrected chi connectivity index (χ3v) is 2.44. The van der Waals surface area contributed by atoms with Gasteiger partial charge >= 0.3 is 0 Å². The molecule has 0 aliphatic carbocycles. The number of aromatic nitrogens is 4. The van der Waals surface area contributed by atoms with Crippen molar-refractivity contribution in [3.63, 3.8) is 0 Å². The average molecular weight is 231 g/mol. The number of rotatable bonds is 3. The van der Waals surface area contributed by atoms with E-state index in [4.69, 9.17) is 17.5 Å². The molecule has 6 heteroatoms. The molecule has 0 amide bonds. The zero-order valence-corrected chi connectivity index (χ0v) is 9.24. The molecule has 0 bridgehead atoms. The zero-order valence-electron chi connectivity index (χ0n) is 8.42. The minimum absolute atomic E-state index is 0.404. The highest BCUT2D eigenvalue weighted by atomic mass is 32.1. The van der Waals surface area contributed by atoms with Crippen LogP contribution in [0, 0.1) is 16.1 Å². The Balaban J connectivity index is 2.43. The Morgan fingerprint density at radius 1 is 1.56 bits per heavy atom. The molecule has 16 heavy (non-hydrogen) atoms. The summed E-state index contributed by atoms with van der Waals surface area (Å²) < 4.78 is 2.32. The van der Waals surface area contributed by atoms with Crippen molar-refractivity contribution in [3.05, 3.63) is 29.3 Å². The fraction of sp³-hybridized carbons (Fsp3) is 0.200. The number of H-pyrrole nitrogens is 1. The molecule has 80 valence electrons. The predicted octanol–water partition coefficient (Wildman–Crippen LogP) is 1.92. The van der Waals surface area contributed by atoms with Crippen LogP contribution in [-0.4, -0.2) is 19.7 Å². The number of hydrogen-bond acceptors (Lipinski definition) is 4. The number of nitrogens with zero attached hydrogens (tertiary/aromatic N) is 4. The molecule has 2 heterocycles. The van der Waals surface area contributed by atoms with Crippen LogP contribution in [0.5, 0.6) is 0 Å². The highest BCUT2D eigenvalue weighted by Crippen LogP contribution is 2.15. The molecule has 0 aliphatic rings. The van der Waals surface area contributed by atoms with E-state index < -0.39 is 0 Å². The van der Waals surface area contributed by atoms with E-state index in [1.165, 1.54) is 0 Å². The second kappa shape index (κ2) is 4.68. The molecule has 2 aromatic rings. The first-order valence-electron chi connectivity index (χ1n) is 4.75. The molecular formula is C10H9N5S. The molecule has 0 radical (unpaired) electrons. The van der Waals surface area contributed by atoms with Crippen LogP contribution in [0.4, 0.5) is 0 Å². The third kappa shape index (κ3) is 1.99. The molecule has 2 aromatic heterocycles. The third-order valence-electron chi connectivity index (χ3n) is 2.13. The number of nitriles is 1. The Kier molecular flexibility index (Phi) is 3.08. The van der Waals surface area contributed by atoms with Crippen LogP contribution >= 0.6 is 12.2 Å². The van der Waals surface area contributed by atoms with Crippen LogP contribution in [0.15, 0.2) is 24.5 Å². The highest BCUT2D eigenvalue weighted by Gasteiger charge is 2.07. The van der Waals surface area contributed by atoms with Gasteiger partial charge in [0.1, 0.15) is 0 Å². The summed E-state index contributed by atoms with van der Waals surface area (Å²) in [4.78, 5) is 4.03. The van der Waals surface area contributed by atoms with Crippen molar-refractivity contribution in [1.29, 1.82) is 5.26 Å². The van der Waals surface area contributed by atoms with E-state index >= 15 is 0 Å². The maximum atomic E-state index is 8.58. The van der Waals surface area contributed by atoms with Crippen LogP contribution in [0.2, 0.25) is 0 Å². The summed E-state index contributed by atoms with van der Waals surface area (Å²) in [7, 11) is 0. The molecule has 0 saturated heterocycles. The lowest BCUT2D eigenvalue weighted by Crippen LogP contribution is -2.00. The molecule has 0 unspecified atom stereocenters. The number of hydrogen-bond donors (Lipinski definition) is 1. The molecular weight excluding hydrogens is 222 g/mol. The molecule has 0 saturated carbocycles. The van der Waals surface area contributed by atoms with E-state index in [0.29, 0.717) is 23.6 Å². The molecule has 2 rings (SSSR count). The van der Waals surface area contributed by atoms with Gasteiger partial charge in [-0.15, -0.1) is 0 Å². The molecule has 0 aromatic carbocycles. The molecule has 1 N–H and O–H groups in total. The summed E-state index contributed by atoms with van der Waals surface area (Å²) in [6.45, 7) is 0.538. The van der Waals surface area contributed by atoms with Crippen molar-refractivity contribution >= 4 is 12.2 Å². The molecule has 0 atom stereocenters. The van der Waals surface area contributed by atoms with Gasteiger partial charge in [0.25, 0.3) is 0 Å². The van der Waals surface area contributed by atoms with Crippen LogP contribution in [-0.2, 0) is 6.54 Å².